The number of rotatable bonds is 4. The molecule has 0 heterocycles. The maximum Gasteiger partial charge on any atom is 0.307 e. The van der Waals surface area contributed by atoms with Gasteiger partial charge in [-0.25, -0.2) is 0 Å². The van der Waals surface area contributed by atoms with Crippen LogP contribution in [0.15, 0.2) is 24.3 Å². The zero-order valence-corrected chi connectivity index (χ0v) is 19.4. The van der Waals surface area contributed by atoms with Gasteiger partial charge in [-0.15, -0.1) is 0 Å². The van der Waals surface area contributed by atoms with E-state index in [1.807, 2.05) is 57.3 Å². The zero-order chi connectivity index (χ0) is 16.4. The molecular weight excluding hydrogens is 746 g/mol. The highest BCUT2D eigenvalue weighted by molar-refractivity contribution is 14.1. The largest absolute Gasteiger partial charge is 0.506 e. The molecule has 0 unspecified atom stereocenters. The van der Waals surface area contributed by atoms with E-state index in [1.54, 1.807) is 12.1 Å². The molecule has 22 heavy (non-hydrogen) atoms. The number of aromatic hydroxyl groups is 1. The first-order valence-electron chi connectivity index (χ1n) is 5.83. The van der Waals surface area contributed by atoms with Gasteiger partial charge in [0, 0.05) is 3.57 Å². The lowest BCUT2D eigenvalue weighted by atomic mass is 10.1. The summed E-state index contributed by atoms with van der Waals surface area (Å²) in [5.74, 6) is 0.683. The van der Waals surface area contributed by atoms with Gasteiger partial charge in [0.1, 0.15) is 17.2 Å². The summed E-state index contributed by atoms with van der Waals surface area (Å²) >= 11 is 8.33. The van der Waals surface area contributed by atoms with Crippen LogP contribution in [0.2, 0.25) is 0 Å². The van der Waals surface area contributed by atoms with E-state index in [1.165, 1.54) is 0 Å². The second-order valence-corrected chi connectivity index (χ2v) is 8.93. The summed E-state index contributed by atoms with van der Waals surface area (Å²) in [5, 5.41) is 18.7. The highest BCUT2D eigenvalue weighted by Gasteiger charge is 2.13. The van der Waals surface area contributed by atoms with Crippen LogP contribution in [0.1, 0.15) is 5.56 Å². The summed E-state index contributed by atoms with van der Waals surface area (Å²) in [6.07, 6.45) is -0.0104. The van der Waals surface area contributed by atoms with Crippen molar-refractivity contribution in [2.75, 3.05) is 0 Å². The van der Waals surface area contributed by atoms with Gasteiger partial charge < -0.3 is 14.9 Å². The molecule has 2 rings (SSSR count). The molecule has 0 aliphatic carbocycles. The first kappa shape index (κ1) is 18.8. The third-order valence-electron chi connectivity index (χ3n) is 2.66. The van der Waals surface area contributed by atoms with Crippen molar-refractivity contribution >= 4 is 96.3 Å². The molecule has 0 radical (unpaired) electrons. The van der Waals surface area contributed by atoms with E-state index in [9.17, 15) is 9.90 Å². The van der Waals surface area contributed by atoms with Crippen LogP contribution >= 0.6 is 90.4 Å². The molecule has 2 N–H and O–H groups in total. The molecule has 4 nitrogen and oxygen atoms in total. The summed E-state index contributed by atoms with van der Waals surface area (Å²) in [6.45, 7) is 0. The van der Waals surface area contributed by atoms with Gasteiger partial charge in [-0.2, -0.15) is 0 Å². The molecule has 0 spiro atoms. The average Bonchev–Trinajstić information content (AvgIpc) is 2.41. The van der Waals surface area contributed by atoms with Crippen LogP contribution in [-0.4, -0.2) is 16.2 Å². The highest BCUT2D eigenvalue weighted by Crippen LogP contribution is 2.35. The predicted molar refractivity (Wildman–Crippen MR) is 117 cm³/mol. The third-order valence-corrected chi connectivity index (χ3v) is 6.15. The van der Waals surface area contributed by atoms with Crippen molar-refractivity contribution < 1.29 is 19.7 Å². The van der Waals surface area contributed by atoms with Gasteiger partial charge in [-0.05, 0) is 120 Å². The first-order valence-corrected chi connectivity index (χ1v) is 10.1. The number of benzene rings is 2. The summed E-state index contributed by atoms with van der Waals surface area (Å²) in [6, 6.07) is 7.16. The Morgan fingerprint density at radius 2 is 1.55 bits per heavy atom. The van der Waals surface area contributed by atoms with Crippen molar-refractivity contribution in [3.63, 3.8) is 0 Å². The Hall–Kier alpha value is 0.430. The van der Waals surface area contributed by atoms with Gasteiger partial charge in [-0.1, -0.05) is 0 Å². The van der Waals surface area contributed by atoms with Crippen molar-refractivity contribution in [3.8, 4) is 17.2 Å². The number of ether oxygens (including phenoxy) is 1. The summed E-state index contributed by atoms with van der Waals surface area (Å²) in [7, 11) is 0. The number of carboxylic acid groups (broad SMARTS) is 1. The maximum absolute atomic E-state index is 10.9. The van der Waals surface area contributed by atoms with E-state index in [-0.39, 0.29) is 12.2 Å². The fraction of sp³-hybridized carbons (Fsp3) is 0.0714. The molecular formula is C14H8I4O4. The lowest BCUT2D eigenvalue weighted by Crippen LogP contribution is -2.03. The highest BCUT2D eigenvalue weighted by atomic mass is 127. The van der Waals surface area contributed by atoms with E-state index >= 15 is 0 Å². The molecule has 8 heteroatoms. The van der Waals surface area contributed by atoms with Crippen molar-refractivity contribution in [1.82, 2.24) is 0 Å². The normalized spacial score (nSPS) is 10.5. The Morgan fingerprint density at radius 1 is 0.955 bits per heavy atom. The van der Waals surface area contributed by atoms with E-state index in [0.29, 0.717) is 18.6 Å². The minimum Gasteiger partial charge on any atom is -0.506 e. The van der Waals surface area contributed by atoms with E-state index < -0.39 is 5.97 Å². The van der Waals surface area contributed by atoms with Crippen molar-refractivity contribution in [1.29, 1.82) is 0 Å². The maximum atomic E-state index is 10.9. The van der Waals surface area contributed by atoms with E-state index in [0.717, 1.165) is 12.7 Å². The molecule has 0 bridgehead atoms. The zero-order valence-electron chi connectivity index (χ0n) is 10.7. The SMILES string of the molecule is O=C(O)Cc1cc(I)c(O[13c]2[13cH][13c](I)[13c](O)[13c](I)[13cH]2)cc1I. The van der Waals surface area contributed by atoms with Crippen molar-refractivity contribution in [3.05, 3.63) is 44.1 Å². The van der Waals surface area contributed by atoms with Crippen LogP contribution in [0.25, 0.3) is 0 Å². The molecule has 0 amide bonds. The molecule has 0 fully saturated rings. The predicted octanol–water partition coefficient (Wildman–Crippen LogP) is 5.23. The number of hydrogen-bond acceptors (Lipinski definition) is 3. The summed E-state index contributed by atoms with van der Waals surface area (Å²) < 4.78 is 9.00. The number of hydrogen-bond donors (Lipinski definition) is 2. The molecule has 0 saturated heterocycles. The molecule has 0 aromatic heterocycles. The third kappa shape index (κ3) is 4.72. The number of halogens is 4. The lowest BCUT2D eigenvalue weighted by molar-refractivity contribution is -0.136. The van der Waals surface area contributed by atoms with Crippen molar-refractivity contribution in [2.24, 2.45) is 0 Å². The Labute approximate surface area is 181 Å². The monoisotopic (exact) mass is 754 g/mol. The Bertz CT molecular complexity index is 723. The van der Waals surface area contributed by atoms with Gasteiger partial charge in [0.25, 0.3) is 0 Å². The minimum atomic E-state index is -0.856. The van der Waals surface area contributed by atoms with Crippen LogP contribution in [0.5, 0.6) is 17.2 Å². The van der Waals surface area contributed by atoms with Crippen LogP contribution < -0.4 is 4.74 Å². The summed E-state index contributed by atoms with van der Waals surface area (Å²) in [5.41, 5.74) is 0.764. The smallest absolute Gasteiger partial charge is 0.307 e. The Morgan fingerprint density at radius 3 is 2.09 bits per heavy atom. The van der Waals surface area contributed by atoms with Gasteiger partial charge in [0.15, 0.2) is 0 Å². The Balaban J connectivity index is 2.34. The molecule has 0 aliphatic rings. The number of carbonyl (C=O) groups is 1. The topological polar surface area (TPSA) is 66.8 Å². The van der Waals surface area contributed by atoms with Crippen LogP contribution in [0.4, 0.5) is 0 Å². The number of carboxylic acids is 1. The fourth-order valence-corrected chi connectivity index (χ4v) is 4.66. The minimum absolute atomic E-state index is 0.0104. The van der Waals surface area contributed by atoms with Gasteiger partial charge in [0.05, 0.1) is 17.1 Å². The standard InChI is InChI=1S/C14H8I4O4/c15-8-5-12(9(16)1-6(8)2-13(19)20)22-7-3-10(17)14(21)11(18)4-7/h1,3-5,21H,2H2,(H,19,20)/i3+1,4+1,7+1,10+1,11+1,14+1. The van der Waals surface area contributed by atoms with Gasteiger partial charge in [0.2, 0.25) is 0 Å². The molecule has 2 aromatic carbocycles. The van der Waals surface area contributed by atoms with Crippen molar-refractivity contribution in [2.45, 2.75) is 6.42 Å². The van der Waals surface area contributed by atoms with Gasteiger partial charge >= 0.3 is 5.97 Å². The molecule has 0 aliphatic heterocycles. The lowest BCUT2D eigenvalue weighted by Gasteiger charge is -2.12. The quantitative estimate of drug-likeness (QED) is 0.421. The summed E-state index contributed by atoms with van der Waals surface area (Å²) in [4.78, 5) is 10.9. The first-order chi connectivity index (χ1) is 10.3. The Kier molecular flexibility index (Phi) is 6.83. The molecule has 0 atom stereocenters. The average molecular weight is 754 g/mol. The van der Waals surface area contributed by atoms with E-state index in [2.05, 4.69) is 45.2 Å². The number of phenols is 1. The van der Waals surface area contributed by atoms with Gasteiger partial charge in [-0.3, -0.25) is 4.79 Å². The second kappa shape index (κ2) is 8.00. The number of aliphatic carboxylic acids is 1. The second-order valence-electron chi connectivity index (χ2n) is 4.28. The molecule has 116 valence electrons. The molecule has 2 aromatic rings. The van der Waals surface area contributed by atoms with Crippen LogP contribution in [-0.2, 0) is 11.2 Å². The number of phenolic OH excluding ortho intramolecular Hbond substituents is 1. The molecule has 0 saturated carbocycles. The van der Waals surface area contributed by atoms with Crippen LogP contribution in [0, 0.1) is 14.3 Å². The fourth-order valence-electron chi connectivity index (χ4n) is 1.67. The van der Waals surface area contributed by atoms with Crippen LogP contribution in [0.3, 0.4) is 0 Å². The van der Waals surface area contributed by atoms with E-state index in [4.69, 9.17) is 9.84 Å².